The number of hydrogen-bond donors (Lipinski definition) is 0. The fourth-order valence-corrected chi connectivity index (χ4v) is 4.64. The Balaban J connectivity index is 2.01. The van der Waals surface area contributed by atoms with Crippen molar-refractivity contribution in [3.05, 3.63) is 48.0 Å². The molecule has 3 aromatic rings. The van der Waals surface area contributed by atoms with Gasteiger partial charge < -0.3 is 0 Å². The van der Waals surface area contributed by atoms with Gasteiger partial charge in [-0.3, -0.25) is 0 Å². The first kappa shape index (κ1) is 13.5. The number of para-hydroxylation sites is 1. The van der Waals surface area contributed by atoms with Gasteiger partial charge in [0.05, 0.1) is 15.8 Å². The zero-order valence-electron chi connectivity index (χ0n) is 10.7. The third-order valence-electron chi connectivity index (χ3n) is 2.79. The molecule has 0 unspecified atom stereocenters. The number of nitrogens with zero attached hydrogens (tertiary/aromatic N) is 2. The molecule has 2 aromatic carbocycles. The molecule has 1 heterocycles. The van der Waals surface area contributed by atoms with Gasteiger partial charge in [0.25, 0.3) is 0 Å². The van der Waals surface area contributed by atoms with Crippen LogP contribution in [0.3, 0.4) is 0 Å². The Kier molecular flexibility index (Phi) is 3.97. The van der Waals surface area contributed by atoms with Crippen molar-refractivity contribution in [1.29, 1.82) is 5.26 Å². The van der Waals surface area contributed by atoms with Crippen LogP contribution in [0.25, 0.3) is 10.2 Å². The predicted octanol–water partition coefficient (Wildman–Crippen LogP) is 5.04. The van der Waals surface area contributed by atoms with E-state index >= 15 is 0 Å². The second-order valence-corrected chi connectivity index (χ2v) is 7.16. The van der Waals surface area contributed by atoms with Crippen LogP contribution in [-0.4, -0.2) is 11.2 Å². The monoisotopic (exact) mass is 314 g/mol. The summed E-state index contributed by atoms with van der Waals surface area (Å²) in [5.41, 5.74) is 1.75. The minimum absolute atomic E-state index is 0.740. The van der Waals surface area contributed by atoms with Gasteiger partial charge >= 0.3 is 0 Å². The molecule has 0 aliphatic rings. The highest BCUT2D eigenvalue weighted by Gasteiger charge is 2.11. The zero-order chi connectivity index (χ0) is 13.9. The first-order valence-corrected chi connectivity index (χ1v) is 8.78. The Hall–Kier alpha value is -1.48. The van der Waals surface area contributed by atoms with E-state index in [-0.39, 0.29) is 0 Å². The van der Waals surface area contributed by atoms with Crippen LogP contribution in [0.2, 0.25) is 0 Å². The fourth-order valence-electron chi connectivity index (χ4n) is 1.87. The Morgan fingerprint density at radius 1 is 1.10 bits per heavy atom. The largest absolute Gasteiger partial charge is 0.229 e. The highest BCUT2D eigenvalue weighted by molar-refractivity contribution is 8.01. The lowest BCUT2D eigenvalue weighted by Crippen LogP contribution is -1.84. The number of fused-ring (bicyclic) bond motifs is 1. The minimum atomic E-state index is 0.740. The fraction of sp³-hybridized carbons (Fsp3) is 0.0667. The molecule has 98 valence electrons. The van der Waals surface area contributed by atoms with Gasteiger partial charge in [-0.2, -0.15) is 5.26 Å². The summed E-state index contributed by atoms with van der Waals surface area (Å²) >= 11 is 4.82. The molecule has 0 spiro atoms. The summed E-state index contributed by atoms with van der Waals surface area (Å²) < 4.78 is 2.15. The van der Waals surface area contributed by atoms with E-state index in [2.05, 4.69) is 17.1 Å². The van der Waals surface area contributed by atoms with E-state index in [1.54, 1.807) is 34.9 Å². The lowest BCUT2D eigenvalue weighted by molar-refractivity contribution is 1.24. The van der Waals surface area contributed by atoms with Crippen LogP contribution in [0.15, 0.2) is 56.6 Å². The molecule has 2 nitrogen and oxygen atoms in total. The van der Waals surface area contributed by atoms with Crippen LogP contribution < -0.4 is 0 Å². The van der Waals surface area contributed by atoms with Gasteiger partial charge in [-0.1, -0.05) is 30.0 Å². The Morgan fingerprint density at radius 3 is 2.65 bits per heavy atom. The lowest BCUT2D eigenvalue weighted by atomic mass is 10.2. The maximum atomic E-state index is 9.35. The highest BCUT2D eigenvalue weighted by Crippen LogP contribution is 2.37. The Bertz CT molecular complexity index is 769. The van der Waals surface area contributed by atoms with Crippen molar-refractivity contribution in [3.8, 4) is 6.07 Å². The molecule has 1 aromatic heterocycles. The van der Waals surface area contributed by atoms with Crippen molar-refractivity contribution < 1.29 is 0 Å². The summed E-state index contributed by atoms with van der Waals surface area (Å²) in [6.07, 6.45) is 1.99. The summed E-state index contributed by atoms with van der Waals surface area (Å²) in [6.45, 7) is 0. The summed E-state index contributed by atoms with van der Waals surface area (Å²) in [7, 11) is 0. The molecule has 0 saturated carbocycles. The maximum Gasteiger partial charge on any atom is 0.155 e. The first-order valence-electron chi connectivity index (χ1n) is 5.92. The second kappa shape index (κ2) is 5.88. The predicted molar refractivity (Wildman–Crippen MR) is 86.7 cm³/mol. The quantitative estimate of drug-likeness (QED) is 0.635. The van der Waals surface area contributed by atoms with Crippen molar-refractivity contribution in [2.24, 2.45) is 0 Å². The van der Waals surface area contributed by atoms with Gasteiger partial charge in [-0.25, -0.2) is 4.98 Å². The van der Waals surface area contributed by atoms with Crippen LogP contribution >= 0.6 is 34.9 Å². The second-order valence-electron chi connectivity index (χ2n) is 3.99. The number of aromatic nitrogens is 1. The Morgan fingerprint density at radius 2 is 1.90 bits per heavy atom. The van der Waals surface area contributed by atoms with Crippen LogP contribution in [0.5, 0.6) is 0 Å². The first-order chi connectivity index (χ1) is 9.81. The van der Waals surface area contributed by atoms with Crippen molar-refractivity contribution in [1.82, 2.24) is 4.98 Å². The van der Waals surface area contributed by atoms with Gasteiger partial charge in [0.15, 0.2) is 4.34 Å². The summed E-state index contributed by atoms with van der Waals surface area (Å²) in [6, 6.07) is 16.3. The molecule has 0 aliphatic carbocycles. The summed E-state index contributed by atoms with van der Waals surface area (Å²) in [4.78, 5) is 6.59. The average Bonchev–Trinajstić information content (AvgIpc) is 2.89. The third-order valence-corrected chi connectivity index (χ3v) is 5.73. The SMILES string of the molecule is CSc1cccc(Sc2nc3ccccc3s2)c1C#N. The standard InChI is InChI=1S/C15H10N2S3/c1-18-12-7-4-8-13(10(12)9-16)19-15-17-11-5-2-3-6-14(11)20-15/h2-8H,1H3. The van der Waals surface area contributed by atoms with Gasteiger partial charge in [0.1, 0.15) is 6.07 Å². The van der Waals surface area contributed by atoms with Crippen molar-refractivity contribution in [3.63, 3.8) is 0 Å². The molecule has 0 bridgehead atoms. The van der Waals surface area contributed by atoms with Crippen molar-refractivity contribution in [2.75, 3.05) is 6.26 Å². The van der Waals surface area contributed by atoms with Gasteiger partial charge in [-0.05, 0) is 30.5 Å². The normalized spacial score (nSPS) is 10.6. The maximum absolute atomic E-state index is 9.35. The zero-order valence-corrected chi connectivity index (χ0v) is 13.1. The number of hydrogen-bond acceptors (Lipinski definition) is 5. The molecule has 3 rings (SSSR count). The summed E-state index contributed by atoms with van der Waals surface area (Å²) in [5, 5.41) is 9.35. The van der Waals surface area contributed by atoms with Gasteiger partial charge in [-0.15, -0.1) is 23.1 Å². The molecule has 0 fully saturated rings. The van der Waals surface area contributed by atoms with Crippen LogP contribution in [0.4, 0.5) is 0 Å². The topological polar surface area (TPSA) is 36.7 Å². The minimum Gasteiger partial charge on any atom is -0.229 e. The summed E-state index contributed by atoms with van der Waals surface area (Å²) in [5.74, 6) is 0. The number of thioether (sulfide) groups is 1. The molecular formula is C15H10N2S3. The average molecular weight is 314 g/mol. The molecule has 0 atom stereocenters. The molecule has 0 aliphatic heterocycles. The number of nitriles is 1. The molecule has 20 heavy (non-hydrogen) atoms. The molecule has 0 radical (unpaired) electrons. The van der Waals surface area contributed by atoms with Crippen LogP contribution in [0.1, 0.15) is 5.56 Å². The van der Waals surface area contributed by atoms with Gasteiger partial charge in [0.2, 0.25) is 0 Å². The molecule has 0 saturated heterocycles. The number of thiazole rings is 1. The van der Waals surface area contributed by atoms with E-state index in [0.717, 1.165) is 25.2 Å². The van der Waals surface area contributed by atoms with E-state index < -0.39 is 0 Å². The van der Waals surface area contributed by atoms with Crippen molar-refractivity contribution in [2.45, 2.75) is 14.1 Å². The van der Waals surface area contributed by atoms with E-state index in [4.69, 9.17) is 0 Å². The molecule has 0 amide bonds. The Labute approximate surface area is 129 Å². The highest BCUT2D eigenvalue weighted by atomic mass is 32.2. The molecular weight excluding hydrogens is 304 g/mol. The third kappa shape index (κ3) is 2.55. The molecule has 0 N–H and O–H groups in total. The van der Waals surface area contributed by atoms with Crippen LogP contribution in [-0.2, 0) is 0 Å². The van der Waals surface area contributed by atoms with E-state index in [1.165, 1.54) is 4.70 Å². The molecule has 5 heteroatoms. The number of rotatable bonds is 3. The van der Waals surface area contributed by atoms with Crippen LogP contribution in [0, 0.1) is 11.3 Å². The van der Waals surface area contributed by atoms with Crippen molar-refractivity contribution >= 4 is 45.1 Å². The number of benzene rings is 2. The smallest absolute Gasteiger partial charge is 0.155 e. The van der Waals surface area contributed by atoms with E-state index in [9.17, 15) is 5.26 Å². The lowest BCUT2D eigenvalue weighted by Gasteiger charge is -2.04. The van der Waals surface area contributed by atoms with E-state index in [1.807, 2.05) is 42.7 Å². The van der Waals surface area contributed by atoms with E-state index in [0.29, 0.717) is 0 Å². The van der Waals surface area contributed by atoms with Gasteiger partial charge in [0, 0.05) is 9.79 Å².